The van der Waals surface area contributed by atoms with Crippen molar-refractivity contribution >= 4 is 39.1 Å². The largest absolute Gasteiger partial charge is 0.573 e. The van der Waals surface area contributed by atoms with Crippen molar-refractivity contribution in [1.82, 2.24) is 0 Å². The number of alkyl halides is 3. The Morgan fingerprint density at radius 2 is 1.79 bits per heavy atom. The molecule has 0 atom stereocenters. The summed E-state index contributed by atoms with van der Waals surface area (Å²) in [4.78, 5) is 0. The van der Waals surface area contributed by atoms with E-state index in [1.165, 1.54) is 0 Å². The molecule has 78 valence electrons. The van der Waals surface area contributed by atoms with Gasteiger partial charge in [-0.05, 0) is 22.0 Å². The van der Waals surface area contributed by atoms with Crippen LogP contribution in [0.5, 0.6) is 5.75 Å². The monoisotopic (exact) mass is 308 g/mol. The maximum Gasteiger partial charge on any atom is 0.573 e. The van der Waals surface area contributed by atoms with Gasteiger partial charge in [-0.3, -0.25) is 0 Å². The maximum absolute atomic E-state index is 11.8. The summed E-state index contributed by atoms with van der Waals surface area (Å²) >= 11 is 14.1. The van der Waals surface area contributed by atoms with Gasteiger partial charge < -0.3 is 4.74 Å². The topological polar surface area (TPSA) is 9.23 Å². The van der Waals surface area contributed by atoms with Crippen LogP contribution in [0, 0.1) is 0 Å². The Morgan fingerprint density at radius 1 is 1.21 bits per heavy atom. The van der Waals surface area contributed by atoms with Crippen molar-refractivity contribution in [3.8, 4) is 5.75 Å². The van der Waals surface area contributed by atoms with Gasteiger partial charge in [-0.15, -0.1) is 13.2 Å². The van der Waals surface area contributed by atoms with E-state index in [1.54, 1.807) is 0 Å². The predicted octanol–water partition coefficient (Wildman–Crippen LogP) is 4.65. The molecule has 0 saturated carbocycles. The molecule has 0 radical (unpaired) electrons. The third kappa shape index (κ3) is 3.22. The molecule has 0 aliphatic carbocycles. The zero-order valence-electron chi connectivity index (χ0n) is 6.33. The highest BCUT2D eigenvalue weighted by Gasteiger charge is 2.31. The lowest BCUT2D eigenvalue weighted by Crippen LogP contribution is -2.17. The van der Waals surface area contributed by atoms with Gasteiger partial charge in [0.15, 0.2) is 0 Å². The van der Waals surface area contributed by atoms with Gasteiger partial charge in [0.25, 0.3) is 0 Å². The molecule has 0 amide bonds. The molecule has 0 aliphatic heterocycles. The smallest absolute Gasteiger partial charge is 0.406 e. The second-order valence-corrected chi connectivity index (χ2v) is 3.89. The van der Waals surface area contributed by atoms with Crippen molar-refractivity contribution in [2.24, 2.45) is 0 Å². The molecule has 0 fully saturated rings. The van der Waals surface area contributed by atoms with Crippen LogP contribution < -0.4 is 4.74 Å². The third-order valence-electron chi connectivity index (χ3n) is 1.19. The van der Waals surface area contributed by atoms with Crippen LogP contribution in [0.25, 0.3) is 0 Å². The second-order valence-electron chi connectivity index (χ2n) is 2.25. The number of rotatable bonds is 1. The maximum atomic E-state index is 11.8. The first-order valence-corrected chi connectivity index (χ1v) is 4.75. The number of ether oxygens (including phenoxy) is 1. The Balaban J connectivity index is 3.02. The zero-order chi connectivity index (χ0) is 10.9. The van der Waals surface area contributed by atoms with Crippen molar-refractivity contribution < 1.29 is 17.9 Å². The SMILES string of the molecule is FC(F)(F)Oc1cc(Cl)c(Cl)c(Br)c1. The number of hydrogen-bond donors (Lipinski definition) is 0. The van der Waals surface area contributed by atoms with Crippen molar-refractivity contribution in [1.29, 1.82) is 0 Å². The lowest BCUT2D eigenvalue weighted by Gasteiger charge is -2.10. The van der Waals surface area contributed by atoms with E-state index in [0.717, 1.165) is 12.1 Å². The van der Waals surface area contributed by atoms with Gasteiger partial charge in [0.2, 0.25) is 0 Å². The molecule has 7 heteroatoms. The molecule has 0 aromatic heterocycles. The Bertz CT molecular complexity index is 330. The van der Waals surface area contributed by atoms with Crippen LogP contribution in [-0.4, -0.2) is 6.36 Å². The highest BCUT2D eigenvalue weighted by molar-refractivity contribution is 9.10. The standard InChI is InChI=1S/C7H2BrCl2F3O/c8-4-1-3(14-7(11,12)13)2-5(9)6(4)10/h1-2H. The molecular formula is C7H2BrCl2F3O. The van der Waals surface area contributed by atoms with E-state index < -0.39 is 12.1 Å². The molecule has 1 nitrogen and oxygen atoms in total. The van der Waals surface area contributed by atoms with Gasteiger partial charge in [-0.2, -0.15) is 0 Å². The fourth-order valence-electron chi connectivity index (χ4n) is 0.725. The Hall–Kier alpha value is -0.130. The number of halogens is 6. The number of hydrogen-bond acceptors (Lipinski definition) is 1. The second kappa shape index (κ2) is 4.16. The normalized spacial score (nSPS) is 11.6. The molecule has 1 aromatic carbocycles. The van der Waals surface area contributed by atoms with Crippen LogP contribution in [0.2, 0.25) is 10.0 Å². The van der Waals surface area contributed by atoms with E-state index in [-0.39, 0.29) is 14.5 Å². The molecule has 0 heterocycles. The molecule has 0 saturated heterocycles. The highest BCUT2D eigenvalue weighted by Crippen LogP contribution is 2.36. The van der Waals surface area contributed by atoms with E-state index in [2.05, 4.69) is 20.7 Å². The first-order chi connectivity index (χ1) is 6.29. The fourth-order valence-corrected chi connectivity index (χ4v) is 1.60. The van der Waals surface area contributed by atoms with E-state index in [0.29, 0.717) is 0 Å². The van der Waals surface area contributed by atoms with Crippen LogP contribution >= 0.6 is 39.1 Å². The van der Waals surface area contributed by atoms with Crippen molar-refractivity contribution in [2.45, 2.75) is 6.36 Å². The van der Waals surface area contributed by atoms with Gasteiger partial charge in [0.05, 0.1) is 10.0 Å². The molecule has 0 unspecified atom stereocenters. The third-order valence-corrected chi connectivity index (χ3v) is 2.85. The van der Waals surface area contributed by atoms with Crippen molar-refractivity contribution in [3.63, 3.8) is 0 Å². The van der Waals surface area contributed by atoms with E-state index in [4.69, 9.17) is 23.2 Å². The van der Waals surface area contributed by atoms with E-state index in [1.807, 2.05) is 0 Å². The first-order valence-electron chi connectivity index (χ1n) is 3.20. The lowest BCUT2D eigenvalue weighted by molar-refractivity contribution is -0.274. The van der Waals surface area contributed by atoms with Gasteiger partial charge in [-0.1, -0.05) is 23.2 Å². The Morgan fingerprint density at radius 3 is 2.21 bits per heavy atom. The lowest BCUT2D eigenvalue weighted by atomic mass is 10.3. The summed E-state index contributed by atoms with van der Waals surface area (Å²) in [6, 6.07) is 2.07. The summed E-state index contributed by atoms with van der Waals surface area (Å²) in [7, 11) is 0. The predicted molar refractivity (Wildman–Crippen MR) is 50.8 cm³/mol. The Labute approximate surface area is 95.9 Å². The summed E-state index contributed by atoms with van der Waals surface area (Å²) in [6.07, 6.45) is -4.74. The minimum absolute atomic E-state index is 0.0136. The van der Waals surface area contributed by atoms with Gasteiger partial charge in [0, 0.05) is 10.5 Å². The molecule has 14 heavy (non-hydrogen) atoms. The van der Waals surface area contributed by atoms with Crippen LogP contribution in [0.4, 0.5) is 13.2 Å². The van der Waals surface area contributed by atoms with Gasteiger partial charge >= 0.3 is 6.36 Å². The molecule has 0 spiro atoms. The molecule has 1 aromatic rings. The minimum Gasteiger partial charge on any atom is -0.406 e. The van der Waals surface area contributed by atoms with Crippen molar-refractivity contribution in [3.05, 3.63) is 26.7 Å². The summed E-state index contributed by atoms with van der Waals surface area (Å²) in [5.41, 5.74) is 0. The van der Waals surface area contributed by atoms with Crippen LogP contribution in [0.15, 0.2) is 16.6 Å². The molecule has 0 bridgehead atoms. The summed E-state index contributed by atoms with van der Waals surface area (Å²) in [5, 5.41) is 0.126. The molecule has 0 N–H and O–H groups in total. The van der Waals surface area contributed by atoms with Gasteiger partial charge in [0.1, 0.15) is 5.75 Å². The number of benzene rings is 1. The molecular weight excluding hydrogens is 308 g/mol. The van der Waals surface area contributed by atoms with Crippen LogP contribution in [0.1, 0.15) is 0 Å². The fraction of sp³-hybridized carbons (Fsp3) is 0.143. The van der Waals surface area contributed by atoms with Crippen LogP contribution in [-0.2, 0) is 0 Å². The quantitative estimate of drug-likeness (QED) is 0.686. The first kappa shape index (κ1) is 11.9. The van der Waals surface area contributed by atoms with Gasteiger partial charge in [-0.25, -0.2) is 0 Å². The summed E-state index contributed by atoms with van der Waals surface area (Å²) < 4.78 is 39.3. The highest BCUT2D eigenvalue weighted by atomic mass is 79.9. The molecule has 1 rings (SSSR count). The van der Waals surface area contributed by atoms with E-state index in [9.17, 15) is 13.2 Å². The van der Waals surface area contributed by atoms with Crippen molar-refractivity contribution in [2.75, 3.05) is 0 Å². The van der Waals surface area contributed by atoms with Crippen LogP contribution in [0.3, 0.4) is 0 Å². The Kier molecular flexibility index (Phi) is 3.55. The average molecular weight is 310 g/mol. The minimum atomic E-state index is -4.74. The summed E-state index contributed by atoms with van der Waals surface area (Å²) in [6.45, 7) is 0. The molecule has 0 aliphatic rings. The summed E-state index contributed by atoms with van der Waals surface area (Å²) in [5.74, 6) is -0.418. The van der Waals surface area contributed by atoms with E-state index >= 15 is 0 Å². The average Bonchev–Trinajstić information content (AvgIpc) is 1.96. The zero-order valence-corrected chi connectivity index (χ0v) is 9.43.